The van der Waals surface area contributed by atoms with E-state index in [9.17, 15) is 9.59 Å². The predicted octanol–water partition coefficient (Wildman–Crippen LogP) is 3.31. The van der Waals surface area contributed by atoms with Crippen molar-refractivity contribution in [3.05, 3.63) is 35.9 Å². The highest BCUT2D eigenvalue weighted by Crippen LogP contribution is 2.38. The first kappa shape index (κ1) is 17.6. The first-order chi connectivity index (χ1) is 11.8. The zero-order valence-electron chi connectivity index (χ0n) is 15.0. The van der Waals surface area contributed by atoms with Crippen LogP contribution in [0.25, 0.3) is 0 Å². The van der Waals surface area contributed by atoms with Gasteiger partial charge in [0.1, 0.15) is 12.2 Å². The molecule has 2 bridgehead atoms. The Hall–Kier alpha value is -2.24. The Morgan fingerprint density at radius 3 is 2.60 bits per heavy atom. The van der Waals surface area contributed by atoms with Gasteiger partial charge in [-0.1, -0.05) is 30.3 Å². The van der Waals surface area contributed by atoms with Crippen LogP contribution in [0.2, 0.25) is 0 Å². The molecule has 6 nitrogen and oxygen atoms in total. The highest BCUT2D eigenvalue weighted by Gasteiger charge is 2.50. The van der Waals surface area contributed by atoms with Crippen molar-refractivity contribution >= 4 is 12.2 Å². The van der Waals surface area contributed by atoms with E-state index in [0.717, 1.165) is 18.4 Å². The van der Waals surface area contributed by atoms with Crippen LogP contribution >= 0.6 is 0 Å². The molecule has 1 saturated carbocycles. The lowest BCUT2D eigenvalue weighted by atomic mass is 10.1. The summed E-state index contributed by atoms with van der Waals surface area (Å²) in [5.41, 5.74) is 0.430. The smallest absolute Gasteiger partial charge is 0.410 e. The van der Waals surface area contributed by atoms with Crippen molar-refractivity contribution in [2.24, 2.45) is 5.92 Å². The molecule has 136 valence electrons. The number of fused-ring (bicyclic) bond motifs is 2. The molecule has 3 rings (SSSR count). The molecule has 3 unspecified atom stereocenters. The average molecular weight is 346 g/mol. The van der Waals surface area contributed by atoms with Gasteiger partial charge >= 0.3 is 12.2 Å². The third-order valence-electron chi connectivity index (χ3n) is 4.71. The third-order valence-corrected chi connectivity index (χ3v) is 4.71. The van der Waals surface area contributed by atoms with E-state index in [2.05, 4.69) is 5.32 Å². The lowest BCUT2D eigenvalue weighted by molar-refractivity contribution is 0.0485. The maximum absolute atomic E-state index is 12.4. The molecule has 1 aromatic carbocycles. The fraction of sp³-hybridized carbons (Fsp3) is 0.579. The number of nitrogens with zero attached hydrogens (tertiary/aromatic N) is 1. The van der Waals surface area contributed by atoms with Gasteiger partial charge in [0, 0.05) is 6.54 Å². The van der Waals surface area contributed by atoms with E-state index in [1.165, 1.54) is 0 Å². The quantitative estimate of drug-likeness (QED) is 0.912. The first-order valence-electron chi connectivity index (χ1n) is 8.80. The summed E-state index contributed by atoms with van der Waals surface area (Å²) in [5, 5.41) is 2.95. The van der Waals surface area contributed by atoms with Gasteiger partial charge < -0.3 is 19.7 Å². The summed E-state index contributed by atoms with van der Waals surface area (Å²) in [6.45, 7) is 6.39. The van der Waals surface area contributed by atoms with Crippen LogP contribution in [-0.4, -0.2) is 41.3 Å². The number of alkyl carbamates (subject to hydrolysis) is 1. The molecule has 25 heavy (non-hydrogen) atoms. The van der Waals surface area contributed by atoms with Crippen LogP contribution in [0.4, 0.5) is 9.59 Å². The molecule has 1 aliphatic carbocycles. The Morgan fingerprint density at radius 1 is 1.20 bits per heavy atom. The van der Waals surface area contributed by atoms with Crippen molar-refractivity contribution in [1.82, 2.24) is 10.2 Å². The van der Waals surface area contributed by atoms with Crippen LogP contribution in [0.5, 0.6) is 0 Å². The summed E-state index contributed by atoms with van der Waals surface area (Å²) in [7, 11) is 0. The summed E-state index contributed by atoms with van der Waals surface area (Å²) in [4.78, 5) is 26.2. The number of nitrogens with one attached hydrogen (secondary N) is 1. The van der Waals surface area contributed by atoms with Crippen LogP contribution in [0.1, 0.15) is 39.2 Å². The summed E-state index contributed by atoms with van der Waals surface area (Å²) in [6.07, 6.45) is 1.15. The Labute approximate surface area is 148 Å². The van der Waals surface area contributed by atoms with E-state index in [1.54, 1.807) is 4.90 Å². The molecule has 1 aliphatic heterocycles. The van der Waals surface area contributed by atoms with E-state index >= 15 is 0 Å². The maximum atomic E-state index is 12.4. The molecule has 0 aromatic heterocycles. The molecule has 2 amide bonds. The highest BCUT2D eigenvalue weighted by atomic mass is 16.6. The Kier molecular flexibility index (Phi) is 4.88. The standard InChI is InChI=1S/C19H26N2O4/c1-19(2,3)25-17(22)20-16-14-9-10-15(16)21(11-14)18(23)24-12-13-7-5-4-6-8-13/h4-8,14-16H,9-12H2,1-3H3,(H,20,22). The van der Waals surface area contributed by atoms with E-state index in [1.807, 2.05) is 51.1 Å². The summed E-state index contributed by atoms with van der Waals surface area (Å²) in [6, 6.07) is 9.55. The van der Waals surface area contributed by atoms with E-state index < -0.39 is 11.7 Å². The number of ether oxygens (including phenoxy) is 2. The van der Waals surface area contributed by atoms with Crippen molar-refractivity contribution < 1.29 is 19.1 Å². The van der Waals surface area contributed by atoms with Crippen molar-refractivity contribution in [2.75, 3.05) is 6.54 Å². The van der Waals surface area contributed by atoms with Gasteiger partial charge in [0.25, 0.3) is 0 Å². The van der Waals surface area contributed by atoms with Gasteiger partial charge in [-0.15, -0.1) is 0 Å². The van der Waals surface area contributed by atoms with E-state index in [0.29, 0.717) is 6.54 Å². The normalized spacial score (nSPS) is 24.9. The lowest BCUT2D eigenvalue weighted by Gasteiger charge is -2.27. The minimum Gasteiger partial charge on any atom is -0.445 e. The zero-order chi connectivity index (χ0) is 18.0. The Bertz CT molecular complexity index is 626. The SMILES string of the molecule is CC(C)(C)OC(=O)NC1C2CCC1N(C(=O)OCc1ccccc1)C2. The molecule has 0 radical (unpaired) electrons. The minimum atomic E-state index is -0.532. The number of likely N-dealkylation sites (tertiary alicyclic amines) is 1. The number of amides is 2. The third kappa shape index (κ3) is 4.24. The second kappa shape index (κ2) is 6.94. The second-order valence-electron chi connectivity index (χ2n) is 7.77. The monoisotopic (exact) mass is 346 g/mol. The van der Waals surface area contributed by atoms with Crippen molar-refractivity contribution in [2.45, 2.75) is 57.9 Å². The van der Waals surface area contributed by atoms with Crippen molar-refractivity contribution in [3.63, 3.8) is 0 Å². The molecule has 2 fully saturated rings. The zero-order valence-corrected chi connectivity index (χ0v) is 15.0. The number of hydrogen-bond acceptors (Lipinski definition) is 4. The maximum Gasteiger partial charge on any atom is 0.410 e. The Balaban J connectivity index is 1.55. The molecule has 6 heteroatoms. The fourth-order valence-corrected chi connectivity index (χ4v) is 3.67. The summed E-state index contributed by atoms with van der Waals surface area (Å²) < 4.78 is 10.8. The lowest BCUT2D eigenvalue weighted by Crippen LogP contribution is -2.46. The molecular formula is C19H26N2O4. The summed E-state index contributed by atoms with van der Waals surface area (Å²) >= 11 is 0. The minimum absolute atomic E-state index is 0.0132. The van der Waals surface area contributed by atoms with E-state index in [-0.39, 0.29) is 30.7 Å². The van der Waals surface area contributed by atoms with Crippen LogP contribution in [0.3, 0.4) is 0 Å². The predicted molar refractivity (Wildman–Crippen MR) is 93.0 cm³/mol. The number of piperidine rings is 1. The van der Waals surface area contributed by atoms with Crippen LogP contribution in [0, 0.1) is 5.92 Å². The molecule has 3 atom stereocenters. The van der Waals surface area contributed by atoms with Crippen LogP contribution in [-0.2, 0) is 16.1 Å². The van der Waals surface area contributed by atoms with Gasteiger partial charge in [0.2, 0.25) is 0 Å². The van der Waals surface area contributed by atoms with Crippen molar-refractivity contribution in [1.29, 1.82) is 0 Å². The number of hydrogen-bond donors (Lipinski definition) is 1. The largest absolute Gasteiger partial charge is 0.445 e. The van der Waals surface area contributed by atoms with Crippen LogP contribution in [0.15, 0.2) is 30.3 Å². The van der Waals surface area contributed by atoms with Gasteiger partial charge in [-0.2, -0.15) is 0 Å². The number of carbonyl (C=O) groups excluding carboxylic acids is 2. The molecule has 1 N–H and O–H groups in total. The molecule has 2 aliphatic rings. The van der Waals surface area contributed by atoms with E-state index in [4.69, 9.17) is 9.47 Å². The molecule has 1 saturated heterocycles. The summed E-state index contributed by atoms with van der Waals surface area (Å²) in [5.74, 6) is 0.266. The van der Waals surface area contributed by atoms with Gasteiger partial charge in [0.05, 0.1) is 12.1 Å². The molecule has 1 aromatic rings. The molecule has 1 heterocycles. The topological polar surface area (TPSA) is 67.9 Å². The molecule has 0 spiro atoms. The van der Waals surface area contributed by atoms with Crippen LogP contribution < -0.4 is 5.32 Å². The fourth-order valence-electron chi connectivity index (χ4n) is 3.67. The number of carbonyl (C=O) groups is 2. The van der Waals surface area contributed by atoms with Gasteiger partial charge in [-0.25, -0.2) is 9.59 Å². The van der Waals surface area contributed by atoms with Gasteiger partial charge in [-0.05, 0) is 45.1 Å². The molecular weight excluding hydrogens is 320 g/mol. The Morgan fingerprint density at radius 2 is 1.92 bits per heavy atom. The number of rotatable bonds is 3. The first-order valence-corrected chi connectivity index (χ1v) is 8.80. The van der Waals surface area contributed by atoms with Gasteiger partial charge in [0.15, 0.2) is 0 Å². The highest BCUT2D eigenvalue weighted by molar-refractivity contribution is 5.71. The second-order valence-corrected chi connectivity index (χ2v) is 7.77. The number of benzene rings is 1. The van der Waals surface area contributed by atoms with Gasteiger partial charge in [-0.3, -0.25) is 0 Å². The average Bonchev–Trinajstić information content (AvgIpc) is 3.08. The van der Waals surface area contributed by atoms with Crippen molar-refractivity contribution in [3.8, 4) is 0 Å².